The first-order valence-electron chi connectivity index (χ1n) is 7.28. The fourth-order valence-electron chi connectivity index (χ4n) is 3.28. The van der Waals surface area contributed by atoms with Crippen LogP contribution in [0.15, 0.2) is 0 Å². The molecule has 0 bridgehead atoms. The van der Waals surface area contributed by atoms with E-state index >= 15 is 0 Å². The molecule has 19 heavy (non-hydrogen) atoms. The molecule has 0 saturated heterocycles. The molecule has 108 valence electrons. The fourth-order valence-corrected chi connectivity index (χ4v) is 3.28. The number of aromatic nitrogens is 4. The van der Waals surface area contributed by atoms with Gasteiger partial charge in [0.2, 0.25) is 0 Å². The van der Waals surface area contributed by atoms with Crippen molar-refractivity contribution < 1.29 is 0 Å². The van der Waals surface area contributed by atoms with Crippen molar-refractivity contribution in [1.82, 2.24) is 20.2 Å². The molecule has 1 fully saturated rings. The lowest BCUT2D eigenvalue weighted by Crippen LogP contribution is -2.39. The Morgan fingerprint density at radius 1 is 1.32 bits per heavy atom. The quantitative estimate of drug-likeness (QED) is 0.906. The molecule has 1 aromatic rings. The van der Waals surface area contributed by atoms with Crippen molar-refractivity contribution in [2.75, 3.05) is 6.54 Å². The molecule has 2 rings (SSSR count). The lowest BCUT2D eigenvalue weighted by molar-refractivity contribution is 0.0912. The van der Waals surface area contributed by atoms with Gasteiger partial charge in [-0.05, 0) is 54.2 Å². The van der Waals surface area contributed by atoms with E-state index in [1.54, 1.807) is 0 Å². The second kappa shape index (κ2) is 5.19. The van der Waals surface area contributed by atoms with Crippen LogP contribution in [0.3, 0.4) is 0 Å². The maximum atomic E-state index is 6.06. The number of rotatable bonds is 3. The van der Waals surface area contributed by atoms with Gasteiger partial charge >= 0.3 is 0 Å². The molecule has 0 unspecified atom stereocenters. The predicted molar refractivity (Wildman–Crippen MR) is 75.4 cm³/mol. The third-order valence-electron chi connectivity index (χ3n) is 4.79. The van der Waals surface area contributed by atoms with Crippen LogP contribution in [0.4, 0.5) is 0 Å². The molecule has 2 N–H and O–H groups in total. The molecule has 1 heterocycles. The van der Waals surface area contributed by atoms with Gasteiger partial charge in [0.05, 0.1) is 7.05 Å². The molecule has 5 heteroatoms. The van der Waals surface area contributed by atoms with Gasteiger partial charge in [-0.2, -0.15) is 4.80 Å². The minimum absolute atomic E-state index is 0.185. The zero-order chi connectivity index (χ0) is 14.1. The minimum atomic E-state index is 0.185. The topological polar surface area (TPSA) is 69.6 Å². The molecule has 1 aliphatic carbocycles. The standard InChI is InChI=1S/C14H27N5/c1-13(2,3)11-5-7-14(10-15,8-6-11)9-12-16-18-19(4)17-12/h11H,5-10,15H2,1-4H3. The van der Waals surface area contributed by atoms with Crippen molar-refractivity contribution >= 4 is 0 Å². The van der Waals surface area contributed by atoms with Crippen LogP contribution in [0.5, 0.6) is 0 Å². The predicted octanol–water partition coefficient (Wildman–Crippen LogP) is 1.93. The summed E-state index contributed by atoms with van der Waals surface area (Å²) in [5.74, 6) is 1.64. The monoisotopic (exact) mass is 265 g/mol. The van der Waals surface area contributed by atoms with E-state index in [9.17, 15) is 0 Å². The van der Waals surface area contributed by atoms with Gasteiger partial charge < -0.3 is 5.73 Å². The SMILES string of the molecule is Cn1nnc(CC2(CN)CCC(C(C)(C)C)CC2)n1. The maximum Gasteiger partial charge on any atom is 0.175 e. The van der Waals surface area contributed by atoms with E-state index < -0.39 is 0 Å². The first-order valence-corrected chi connectivity index (χ1v) is 7.28. The van der Waals surface area contributed by atoms with E-state index in [2.05, 4.69) is 36.2 Å². The van der Waals surface area contributed by atoms with Gasteiger partial charge in [0, 0.05) is 6.42 Å². The number of aryl methyl sites for hydroxylation is 1. The molecule has 1 saturated carbocycles. The summed E-state index contributed by atoms with van der Waals surface area (Å²) in [6.07, 6.45) is 5.77. The summed E-state index contributed by atoms with van der Waals surface area (Å²) in [6, 6.07) is 0. The molecule has 5 nitrogen and oxygen atoms in total. The molecule has 1 aromatic heterocycles. The Hall–Kier alpha value is -0.970. The Morgan fingerprint density at radius 2 is 1.95 bits per heavy atom. The van der Waals surface area contributed by atoms with Crippen LogP contribution in [0.25, 0.3) is 0 Å². The van der Waals surface area contributed by atoms with Crippen LogP contribution >= 0.6 is 0 Å². The van der Waals surface area contributed by atoms with Crippen molar-refractivity contribution in [3.05, 3.63) is 5.82 Å². The van der Waals surface area contributed by atoms with Crippen molar-refractivity contribution in [1.29, 1.82) is 0 Å². The van der Waals surface area contributed by atoms with E-state index in [4.69, 9.17) is 5.73 Å². The fraction of sp³-hybridized carbons (Fsp3) is 0.929. The highest BCUT2D eigenvalue weighted by atomic mass is 15.6. The first kappa shape index (κ1) is 14.4. The zero-order valence-corrected chi connectivity index (χ0v) is 12.7. The number of tetrazole rings is 1. The number of nitrogens with two attached hydrogens (primary N) is 1. The van der Waals surface area contributed by atoms with Gasteiger partial charge in [0.15, 0.2) is 5.82 Å². The van der Waals surface area contributed by atoms with E-state index in [-0.39, 0.29) is 5.41 Å². The molecule has 1 aliphatic rings. The van der Waals surface area contributed by atoms with Gasteiger partial charge in [-0.25, -0.2) is 0 Å². The van der Waals surface area contributed by atoms with Gasteiger partial charge in [-0.15, -0.1) is 10.2 Å². The normalized spacial score (nSPS) is 28.6. The van der Waals surface area contributed by atoms with Gasteiger partial charge in [-0.1, -0.05) is 20.8 Å². The van der Waals surface area contributed by atoms with Crippen molar-refractivity contribution in [3.63, 3.8) is 0 Å². The van der Waals surface area contributed by atoms with Crippen LogP contribution in [0.2, 0.25) is 0 Å². The lowest BCUT2D eigenvalue weighted by Gasteiger charge is -2.43. The third kappa shape index (κ3) is 3.32. The van der Waals surface area contributed by atoms with E-state index in [0.717, 1.165) is 24.7 Å². The summed E-state index contributed by atoms with van der Waals surface area (Å²) in [5.41, 5.74) is 6.66. The van der Waals surface area contributed by atoms with Crippen molar-refractivity contribution in [2.45, 2.75) is 52.9 Å². The zero-order valence-electron chi connectivity index (χ0n) is 12.7. The summed E-state index contributed by atoms with van der Waals surface area (Å²) < 4.78 is 0. The largest absolute Gasteiger partial charge is 0.330 e. The average Bonchev–Trinajstić information content (AvgIpc) is 2.74. The van der Waals surface area contributed by atoms with Gasteiger partial charge in [0.1, 0.15) is 0 Å². The number of hydrogen-bond donors (Lipinski definition) is 1. The van der Waals surface area contributed by atoms with Crippen LogP contribution in [0.1, 0.15) is 52.3 Å². The van der Waals surface area contributed by atoms with E-state index in [1.807, 2.05) is 7.05 Å². The molecule has 0 spiro atoms. The van der Waals surface area contributed by atoms with Crippen LogP contribution in [0, 0.1) is 16.7 Å². The summed E-state index contributed by atoms with van der Waals surface area (Å²) >= 11 is 0. The molecular formula is C14H27N5. The van der Waals surface area contributed by atoms with Gasteiger partial charge in [-0.3, -0.25) is 0 Å². The smallest absolute Gasteiger partial charge is 0.175 e. The summed E-state index contributed by atoms with van der Waals surface area (Å²) in [4.78, 5) is 1.53. The second-order valence-corrected chi connectivity index (χ2v) is 7.22. The van der Waals surface area contributed by atoms with Crippen LogP contribution < -0.4 is 5.73 Å². The maximum absolute atomic E-state index is 6.06. The Labute approximate surface area is 115 Å². The lowest BCUT2D eigenvalue weighted by atomic mass is 9.63. The Morgan fingerprint density at radius 3 is 2.37 bits per heavy atom. The molecule has 0 radical (unpaired) electrons. The first-order chi connectivity index (χ1) is 8.85. The average molecular weight is 265 g/mol. The highest BCUT2D eigenvalue weighted by Gasteiger charge is 2.38. The highest BCUT2D eigenvalue weighted by Crippen LogP contribution is 2.46. The summed E-state index contributed by atoms with van der Waals surface area (Å²) in [5, 5.41) is 12.3. The molecular weight excluding hydrogens is 238 g/mol. The summed E-state index contributed by atoms with van der Waals surface area (Å²) in [7, 11) is 1.81. The van der Waals surface area contributed by atoms with Gasteiger partial charge in [0.25, 0.3) is 0 Å². The van der Waals surface area contributed by atoms with Crippen molar-refractivity contribution in [2.24, 2.45) is 29.5 Å². The number of nitrogens with zero attached hydrogens (tertiary/aromatic N) is 4. The summed E-state index contributed by atoms with van der Waals surface area (Å²) in [6.45, 7) is 7.76. The third-order valence-corrected chi connectivity index (χ3v) is 4.79. The highest BCUT2D eigenvalue weighted by molar-refractivity contribution is 4.96. The Balaban J connectivity index is 2.02. The second-order valence-electron chi connectivity index (χ2n) is 7.22. The van der Waals surface area contributed by atoms with E-state index in [0.29, 0.717) is 5.41 Å². The Bertz CT molecular complexity index is 410. The van der Waals surface area contributed by atoms with Crippen molar-refractivity contribution in [3.8, 4) is 0 Å². The van der Waals surface area contributed by atoms with Crippen LogP contribution in [-0.4, -0.2) is 26.8 Å². The molecule has 0 aliphatic heterocycles. The Kier molecular flexibility index (Phi) is 3.95. The van der Waals surface area contributed by atoms with Crippen LogP contribution in [-0.2, 0) is 13.5 Å². The minimum Gasteiger partial charge on any atom is -0.330 e. The molecule has 0 aromatic carbocycles. The molecule has 0 atom stereocenters. The van der Waals surface area contributed by atoms with E-state index in [1.165, 1.54) is 30.5 Å². The molecule has 0 amide bonds. The number of hydrogen-bond acceptors (Lipinski definition) is 4.